The lowest BCUT2D eigenvalue weighted by Gasteiger charge is -2.16. The number of hydrogen-bond acceptors (Lipinski definition) is 4. The van der Waals surface area contributed by atoms with Crippen LogP contribution in [0.5, 0.6) is 0 Å². The fraction of sp³-hybridized carbons (Fsp3) is 0.211. The normalized spacial score (nSPS) is 11.1. The highest BCUT2D eigenvalue weighted by atomic mass is 35.5. The lowest BCUT2D eigenvalue weighted by molar-refractivity contribution is -0.113. The first-order chi connectivity index (χ1) is 12.9. The van der Waals surface area contributed by atoms with E-state index in [-0.39, 0.29) is 28.3 Å². The van der Waals surface area contributed by atoms with Gasteiger partial charge < -0.3 is 5.32 Å². The minimum absolute atomic E-state index is 0.0329. The molecule has 2 aromatic carbocycles. The Bertz CT molecular complexity index is 1070. The van der Waals surface area contributed by atoms with Gasteiger partial charge in [-0.25, -0.2) is 9.37 Å². The summed E-state index contributed by atoms with van der Waals surface area (Å²) in [6, 6.07) is 10.8. The van der Waals surface area contributed by atoms with Gasteiger partial charge >= 0.3 is 0 Å². The molecule has 0 bridgehead atoms. The van der Waals surface area contributed by atoms with Gasteiger partial charge in [0, 0.05) is 6.04 Å². The van der Waals surface area contributed by atoms with Crippen molar-refractivity contribution in [1.82, 2.24) is 9.55 Å². The quantitative estimate of drug-likeness (QED) is 0.501. The van der Waals surface area contributed by atoms with Crippen LogP contribution in [-0.4, -0.2) is 21.2 Å². The molecule has 0 aliphatic rings. The number of amides is 1. The van der Waals surface area contributed by atoms with Crippen LogP contribution in [0.1, 0.15) is 19.9 Å². The Labute approximate surface area is 164 Å². The van der Waals surface area contributed by atoms with Crippen LogP contribution in [0.15, 0.2) is 52.4 Å². The van der Waals surface area contributed by atoms with Gasteiger partial charge in [0.05, 0.1) is 27.4 Å². The number of para-hydroxylation sites is 1. The number of hydrogen-bond donors (Lipinski definition) is 1. The fourth-order valence-corrected chi connectivity index (χ4v) is 3.73. The Hall–Kier alpha value is -2.38. The Balaban J connectivity index is 1.82. The molecule has 0 atom stereocenters. The predicted molar refractivity (Wildman–Crippen MR) is 107 cm³/mol. The molecule has 1 aromatic heterocycles. The summed E-state index contributed by atoms with van der Waals surface area (Å²) in [5.41, 5.74) is 0.778. The van der Waals surface area contributed by atoms with Crippen molar-refractivity contribution in [2.24, 2.45) is 0 Å². The first-order valence-electron chi connectivity index (χ1n) is 8.26. The molecular weight excluding hydrogens is 389 g/mol. The van der Waals surface area contributed by atoms with Gasteiger partial charge in [-0.2, -0.15) is 0 Å². The van der Waals surface area contributed by atoms with Crippen molar-refractivity contribution in [3.63, 3.8) is 0 Å². The van der Waals surface area contributed by atoms with Crippen LogP contribution in [0.2, 0.25) is 5.02 Å². The first kappa shape index (κ1) is 19.4. The maximum Gasteiger partial charge on any atom is 0.262 e. The van der Waals surface area contributed by atoms with E-state index in [1.807, 2.05) is 19.9 Å². The average molecular weight is 406 g/mol. The van der Waals surface area contributed by atoms with Crippen molar-refractivity contribution in [3.05, 3.63) is 63.7 Å². The number of benzene rings is 2. The molecule has 0 aliphatic heterocycles. The summed E-state index contributed by atoms with van der Waals surface area (Å²) in [6.07, 6.45) is 0. The lowest BCUT2D eigenvalue weighted by Crippen LogP contribution is -2.25. The minimum Gasteiger partial charge on any atom is -0.324 e. The van der Waals surface area contributed by atoms with Crippen LogP contribution in [-0.2, 0) is 4.79 Å². The maximum atomic E-state index is 13.1. The first-order valence-corrected chi connectivity index (χ1v) is 9.62. The number of aromatic nitrogens is 2. The zero-order chi connectivity index (χ0) is 19.6. The number of halogens is 2. The van der Waals surface area contributed by atoms with Gasteiger partial charge in [-0.05, 0) is 44.2 Å². The third kappa shape index (κ3) is 4.31. The molecule has 1 N–H and O–H groups in total. The highest BCUT2D eigenvalue weighted by Gasteiger charge is 2.15. The van der Waals surface area contributed by atoms with Gasteiger partial charge in [0.25, 0.3) is 5.56 Å². The van der Waals surface area contributed by atoms with Gasteiger partial charge in [-0.1, -0.05) is 35.5 Å². The number of nitrogens with one attached hydrogen (secondary N) is 1. The van der Waals surface area contributed by atoms with E-state index < -0.39 is 5.82 Å². The van der Waals surface area contributed by atoms with Crippen LogP contribution >= 0.6 is 23.4 Å². The highest BCUT2D eigenvalue weighted by molar-refractivity contribution is 7.99. The fourth-order valence-electron chi connectivity index (χ4n) is 2.59. The zero-order valence-corrected chi connectivity index (χ0v) is 16.3. The van der Waals surface area contributed by atoms with Crippen molar-refractivity contribution >= 4 is 45.9 Å². The van der Waals surface area contributed by atoms with Crippen LogP contribution in [0.4, 0.5) is 10.1 Å². The number of nitrogens with zero attached hydrogens (tertiary/aromatic N) is 2. The van der Waals surface area contributed by atoms with Crippen molar-refractivity contribution in [2.45, 2.75) is 25.0 Å². The van der Waals surface area contributed by atoms with Crippen molar-refractivity contribution in [3.8, 4) is 0 Å². The van der Waals surface area contributed by atoms with Crippen molar-refractivity contribution in [2.75, 3.05) is 11.1 Å². The van der Waals surface area contributed by atoms with E-state index in [1.165, 1.54) is 12.1 Å². The number of anilines is 1. The highest BCUT2D eigenvalue weighted by Crippen LogP contribution is 2.24. The summed E-state index contributed by atoms with van der Waals surface area (Å²) < 4.78 is 14.7. The number of carbonyl (C=O) groups excluding carboxylic acids is 1. The van der Waals surface area contributed by atoms with E-state index in [2.05, 4.69) is 10.3 Å². The Morgan fingerprint density at radius 2 is 2.04 bits per heavy atom. The smallest absolute Gasteiger partial charge is 0.262 e. The van der Waals surface area contributed by atoms with E-state index in [9.17, 15) is 14.0 Å². The predicted octanol–water partition coefficient (Wildman–Crippen LogP) is 4.50. The number of thioether (sulfide) groups is 1. The van der Waals surface area contributed by atoms with E-state index in [0.29, 0.717) is 21.7 Å². The van der Waals surface area contributed by atoms with Crippen LogP contribution < -0.4 is 10.9 Å². The van der Waals surface area contributed by atoms with Crippen molar-refractivity contribution < 1.29 is 9.18 Å². The van der Waals surface area contributed by atoms with E-state index >= 15 is 0 Å². The zero-order valence-electron chi connectivity index (χ0n) is 14.7. The second-order valence-electron chi connectivity index (χ2n) is 6.14. The summed E-state index contributed by atoms with van der Waals surface area (Å²) in [5, 5.41) is 3.76. The molecule has 3 rings (SSSR count). The monoisotopic (exact) mass is 405 g/mol. The van der Waals surface area contributed by atoms with Crippen molar-refractivity contribution in [1.29, 1.82) is 0 Å². The van der Waals surface area contributed by atoms with Gasteiger partial charge in [-0.3, -0.25) is 14.2 Å². The molecule has 5 nitrogen and oxygen atoms in total. The molecule has 0 fully saturated rings. The number of carbonyl (C=O) groups is 1. The molecule has 0 saturated carbocycles. The van der Waals surface area contributed by atoms with Gasteiger partial charge in [-0.15, -0.1) is 0 Å². The number of rotatable bonds is 5. The second kappa shape index (κ2) is 8.10. The molecule has 1 amide bonds. The summed E-state index contributed by atoms with van der Waals surface area (Å²) in [6.45, 7) is 3.78. The molecule has 0 radical (unpaired) electrons. The standard InChI is InChI=1S/C19H17ClFN3O2S/c1-11(2)24-18(26)13-5-3-4-6-15(13)23-19(24)27-10-17(25)22-16-8-7-12(21)9-14(16)20/h3-9,11H,10H2,1-2H3,(H,22,25). The topological polar surface area (TPSA) is 64.0 Å². The molecule has 0 aliphatic carbocycles. The Morgan fingerprint density at radius 1 is 1.30 bits per heavy atom. The molecule has 3 aromatic rings. The van der Waals surface area contributed by atoms with Crippen LogP contribution in [0.25, 0.3) is 10.9 Å². The van der Waals surface area contributed by atoms with Gasteiger partial charge in [0.15, 0.2) is 5.16 Å². The largest absolute Gasteiger partial charge is 0.324 e. The lowest BCUT2D eigenvalue weighted by atomic mass is 10.2. The summed E-state index contributed by atoms with van der Waals surface area (Å²) in [7, 11) is 0. The minimum atomic E-state index is -0.478. The van der Waals surface area contributed by atoms with Gasteiger partial charge in [0.2, 0.25) is 5.91 Å². The summed E-state index contributed by atoms with van der Waals surface area (Å²) in [5.74, 6) is -0.773. The van der Waals surface area contributed by atoms with E-state index in [1.54, 1.807) is 22.8 Å². The average Bonchev–Trinajstić information content (AvgIpc) is 2.62. The van der Waals surface area contributed by atoms with Crippen LogP contribution in [0.3, 0.4) is 0 Å². The Morgan fingerprint density at radius 3 is 2.74 bits per heavy atom. The SMILES string of the molecule is CC(C)n1c(SCC(=O)Nc2ccc(F)cc2Cl)nc2ccccc2c1=O. The molecule has 27 heavy (non-hydrogen) atoms. The molecule has 0 saturated heterocycles. The van der Waals surface area contributed by atoms with Gasteiger partial charge in [0.1, 0.15) is 5.82 Å². The molecule has 140 valence electrons. The van der Waals surface area contributed by atoms with E-state index in [4.69, 9.17) is 11.6 Å². The molecule has 8 heteroatoms. The third-order valence-electron chi connectivity index (χ3n) is 3.83. The summed E-state index contributed by atoms with van der Waals surface area (Å²) >= 11 is 7.09. The Kier molecular flexibility index (Phi) is 5.82. The molecular formula is C19H17ClFN3O2S. The molecule has 0 unspecified atom stereocenters. The summed E-state index contributed by atoms with van der Waals surface area (Å²) in [4.78, 5) is 29.5. The van der Waals surface area contributed by atoms with E-state index in [0.717, 1.165) is 17.8 Å². The maximum absolute atomic E-state index is 13.1. The second-order valence-corrected chi connectivity index (χ2v) is 7.49. The molecule has 0 spiro atoms. The third-order valence-corrected chi connectivity index (χ3v) is 5.09. The van der Waals surface area contributed by atoms with Crippen LogP contribution in [0, 0.1) is 5.82 Å². The molecule has 1 heterocycles. The number of fused-ring (bicyclic) bond motifs is 1.